The number of aryl methyl sites for hydroxylation is 1. The molecule has 3 N–H and O–H groups in total. The Bertz CT molecular complexity index is 450. The summed E-state index contributed by atoms with van der Waals surface area (Å²) >= 11 is 0. The zero-order valence-corrected chi connectivity index (χ0v) is 12.6. The largest absolute Gasteiger partial charge is 0.349 e. The van der Waals surface area contributed by atoms with Gasteiger partial charge in [0.25, 0.3) is 0 Å². The number of nitrogens with one attached hydrogen (secondary N) is 1. The standard InChI is InChI=1S/C17H26N2O/c1-12-5-3-4-6-16(12)13(2)19-17(20)15-9-7-14(11-18)8-10-15/h3-6,13-15H,7-11,18H2,1-2H3,(H,19,20)/t13-,14?,15?/m1/s1. The smallest absolute Gasteiger partial charge is 0.223 e. The van der Waals surface area contributed by atoms with Gasteiger partial charge in [0.1, 0.15) is 0 Å². The first-order valence-corrected chi connectivity index (χ1v) is 7.67. The first-order valence-electron chi connectivity index (χ1n) is 7.67. The monoisotopic (exact) mass is 274 g/mol. The summed E-state index contributed by atoms with van der Waals surface area (Å²) in [6.45, 7) is 4.91. The molecule has 1 aliphatic carbocycles. The van der Waals surface area contributed by atoms with Crippen molar-refractivity contribution >= 4 is 5.91 Å². The molecule has 0 aromatic heterocycles. The highest BCUT2D eigenvalue weighted by atomic mass is 16.1. The molecule has 0 saturated heterocycles. The van der Waals surface area contributed by atoms with Crippen molar-refractivity contribution < 1.29 is 4.79 Å². The van der Waals surface area contributed by atoms with E-state index in [4.69, 9.17) is 5.73 Å². The molecule has 0 bridgehead atoms. The quantitative estimate of drug-likeness (QED) is 0.887. The third-order valence-electron chi connectivity index (χ3n) is 4.56. The van der Waals surface area contributed by atoms with Gasteiger partial charge in [-0.3, -0.25) is 4.79 Å². The van der Waals surface area contributed by atoms with Gasteiger partial charge in [-0.2, -0.15) is 0 Å². The summed E-state index contributed by atoms with van der Waals surface area (Å²) in [4.78, 5) is 12.3. The molecule has 20 heavy (non-hydrogen) atoms. The molecule has 3 heteroatoms. The van der Waals surface area contributed by atoms with E-state index >= 15 is 0 Å². The van der Waals surface area contributed by atoms with E-state index in [0.29, 0.717) is 5.92 Å². The zero-order valence-electron chi connectivity index (χ0n) is 12.6. The van der Waals surface area contributed by atoms with Gasteiger partial charge in [-0.25, -0.2) is 0 Å². The Balaban J connectivity index is 1.90. The number of nitrogens with two attached hydrogens (primary N) is 1. The van der Waals surface area contributed by atoms with Crippen molar-refractivity contribution in [3.63, 3.8) is 0 Å². The molecule has 0 heterocycles. The Labute approximate surface area is 121 Å². The van der Waals surface area contributed by atoms with Crippen LogP contribution in [0.2, 0.25) is 0 Å². The molecule has 0 radical (unpaired) electrons. The number of hydrogen-bond acceptors (Lipinski definition) is 2. The van der Waals surface area contributed by atoms with E-state index in [1.54, 1.807) is 0 Å². The van der Waals surface area contributed by atoms with Crippen molar-refractivity contribution in [1.29, 1.82) is 0 Å². The summed E-state index contributed by atoms with van der Waals surface area (Å²) in [6.07, 6.45) is 4.14. The van der Waals surface area contributed by atoms with Crippen LogP contribution in [0.15, 0.2) is 24.3 Å². The summed E-state index contributed by atoms with van der Waals surface area (Å²) in [7, 11) is 0. The second-order valence-electron chi connectivity index (χ2n) is 6.04. The SMILES string of the molecule is Cc1ccccc1[C@@H](C)NC(=O)C1CCC(CN)CC1. The van der Waals surface area contributed by atoms with Crippen LogP contribution in [0.4, 0.5) is 0 Å². The average molecular weight is 274 g/mol. The predicted molar refractivity (Wildman–Crippen MR) is 82.2 cm³/mol. The van der Waals surface area contributed by atoms with Crippen LogP contribution in [-0.4, -0.2) is 12.5 Å². The number of benzene rings is 1. The Morgan fingerprint density at radius 2 is 1.95 bits per heavy atom. The van der Waals surface area contributed by atoms with Crippen LogP contribution in [0.25, 0.3) is 0 Å². The topological polar surface area (TPSA) is 55.1 Å². The lowest BCUT2D eigenvalue weighted by atomic mass is 9.81. The fourth-order valence-corrected chi connectivity index (χ4v) is 3.14. The molecule has 0 unspecified atom stereocenters. The molecule has 1 saturated carbocycles. The highest BCUT2D eigenvalue weighted by Gasteiger charge is 2.26. The minimum Gasteiger partial charge on any atom is -0.349 e. The first kappa shape index (κ1) is 15.0. The number of carbonyl (C=O) groups excluding carboxylic acids is 1. The lowest BCUT2D eigenvalue weighted by Crippen LogP contribution is -2.35. The second-order valence-corrected chi connectivity index (χ2v) is 6.04. The van der Waals surface area contributed by atoms with Crippen molar-refractivity contribution in [3.8, 4) is 0 Å². The molecule has 1 aliphatic rings. The molecule has 3 nitrogen and oxygen atoms in total. The lowest BCUT2D eigenvalue weighted by molar-refractivity contribution is -0.126. The van der Waals surface area contributed by atoms with Gasteiger partial charge in [0.2, 0.25) is 5.91 Å². The van der Waals surface area contributed by atoms with Gasteiger partial charge in [0, 0.05) is 5.92 Å². The van der Waals surface area contributed by atoms with Crippen molar-refractivity contribution in [3.05, 3.63) is 35.4 Å². The minimum absolute atomic E-state index is 0.0796. The van der Waals surface area contributed by atoms with Gasteiger partial charge in [-0.05, 0) is 63.1 Å². The average Bonchev–Trinajstić information content (AvgIpc) is 2.47. The van der Waals surface area contributed by atoms with E-state index in [9.17, 15) is 4.79 Å². The van der Waals surface area contributed by atoms with E-state index in [1.807, 2.05) is 12.1 Å². The van der Waals surface area contributed by atoms with Crippen LogP contribution in [0.1, 0.15) is 49.8 Å². The predicted octanol–water partition coefficient (Wildman–Crippen LogP) is 2.94. The summed E-state index contributed by atoms with van der Waals surface area (Å²) in [5.74, 6) is 0.994. The van der Waals surface area contributed by atoms with E-state index in [0.717, 1.165) is 32.2 Å². The number of rotatable bonds is 4. The summed E-state index contributed by atoms with van der Waals surface area (Å²) in [6, 6.07) is 8.31. The molecule has 1 aromatic carbocycles. The fourth-order valence-electron chi connectivity index (χ4n) is 3.14. The highest BCUT2D eigenvalue weighted by molar-refractivity contribution is 5.79. The summed E-state index contributed by atoms with van der Waals surface area (Å²) in [5, 5.41) is 3.17. The Morgan fingerprint density at radius 1 is 1.30 bits per heavy atom. The maximum atomic E-state index is 12.3. The van der Waals surface area contributed by atoms with Gasteiger partial charge < -0.3 is 11.1 Å². The van der Waals surface area contributed by atoms with Crippen LogP contribution in [-0.2, 0) is 4.79 Å². The van der Waals surface area contributed by atoms with Crippen molar-refractivity contribution in [2.75, 3.05) is 6.54 Å². The first-order chi connectivity index (χ1) is 9.61. The third kappa shape index (κ3) is 3.60. The van der Waals surface area contributed by atoms with Crippen LogP contribution >= 0.6 is 0 Å². The normalized spacial score (nSPS) is 24.1. The third-order valence-corrected chi connectivity index (χ3v) is 4.56. The number of amides is 1. The molecule has 0 aliphatic heterocycles. The van der Waals surface area contributed by atoms with Gasteiger partial charge >= 0.3 is 0 Å². The zero-order chi connectivity index (χ0) is 14.5. The van der Waals surface area contributed by atoms with Gasteiger partial charge in [-0.15, -0.1) is 0 Å². The molecule has 1 fully saturated rings. The molecule has 2 rings (SSSR count). The van der Waals surface area contributed by atoms with Crippen molar-refractivity contribution in [2.24, 2.45) is 17.6 Å². The number of hydrogen-bond donors (Lipinski definition) is 2. The van der Waals surface area contributed by atoms with Gasteiger partial charge in [-0.1, -0.05) is 24.3 Å². The molecule has 1 amide bonds. The van der Waals surface area contributed by atoms with Crippen LogP contribution in [0.5, 0.6) is 0 Å². The molecule has 0 spiro atoms. The molecular formula is C17H26N2O. The number of carbonyl (C=O) groups is 1. The second kappa shape index (κ2) is 6.89. The lowest BCUT2D eigenvalue weighted by Gasteiger charge is -2.28. The van der Waals surface area contributed by atoms with E-state index in [2.05, 4.69) is 31.3 Å². The van der Waals surface area contributed by atoms with E-state index < -0.39 is 0 Å². The highest BCUT2D eigenvalue weighted by Crippen LogP contribution is 2.29. The molecule has 110 valence electrons. The van der Waals surface area contributed by atoms with Gasteiger partial charge in [0.15, 0.2) is 0 Å². The van der Waals surface area contributed by atoms with Crippen molar-refractivity contribution in [2.45, 2.75) is 45.6 Å². The Morgan fingerprint density at radius 3 is 2.55 bits per heavy atom. The Kier molecular flexibility index (Phi) is 5.18. The van der Waals surface area contributed by atoms with Crippen molar-refractivity contribution in [1.82, 2.24) is 5.32 Å². The fraction of sp³-hybridized carbons (Fsp3) is 0.588. The summed E-state index contributed by atoms with van der Waals surface area (Å²) < 4.78 is 0. The molecular weight excluding hydrogens is 248 g/mol. The van der Waals surface area contributed by atoms with E-state index in [-0.39, 0.29) is 17.9 Å². The minimum atomic E-state index is 0.0796. The van der Waals surface area contributed by atoms with Gasteiger partial charge in [0.05, 0.1) is 6.04 Å². The van der Waals surface area contributed by atoms with E-state index in [1.165, 1.54) is 11.1 Å². The maximum absolute atomic E-state index is 12.3. The molecule has 1 atom stereocenters. The Hall–Kier alpha value is -1.35. The molecule has 1 aromatic rings. The maximum Gasteiger partial charge on any atom is 0.223 e. The van der Waals surface area contributed by atoms with Crippen LogP contribution < -0.4 is 11.1 Å². The van der Waals surface area contributed by atoms with Crippen LogP contribution in [0, 0.1) is 18.8 Å². The van der Waals surface area contributed by atoms with Crippen LogP contribution in [0.3, 0.4) is 0 Å². The summed E-state index contributed by atoms with van der Waals surface area (Å²) in [5.41, 5.74) is 8.13.